The first-order valence-corrected chi connectivity index (χ1v) is 12.0. The number of piperidine rings is 1. The van der Waals surface area contributed by atoms with Crippen LogP contribution in [0.4, 0.5) is 14.7 Å². The van der Waals surface area contributed by atoms with E-state index in [1.165, 1.54) is 4.31 Å². The molecule has 1 saturated carbocycles. The van der Waals surface area contributed by atoms with Gasteiger partial charge >= 0.3 is 0 Å². The Balaban J connectivity index is 1.81. The van der Waals surface area contributed by atoms with Gasteiger partial charge in [-0.05, 0) is 45.0 Å². The van der Waals surface area contributed by atoms with Crippen LogP contribution in [0.5, 0.6) is 0 Å². The molecule has 2 aliphatic rings. The number of aliphatic hydroxyl groups is 1. The summed E-state index contributed by atoms with van der Waals surface area (Å²) in [5.41, 5.74) is -5.20. The SMILES string of the molecule is [2H]C1(Nc2ncc3cc(C([2H])(F)F)c(=O)n(C4CCCC4(O)C([2H])([2H])[2H])c3n2)CCN(S(C)(=O)=O)CC1. The maximum atomic E-state index is 14.0. The number of halogens is 2. The van der Waals surface area contributed by atoms with Crippen molar-refractivity contribution in [3.8, 4) is 0 Å². The number of sulfonamides is 1. The van der Waals surface area contributed by atoms with Crippen LogP contribution in [0.1, 0.15) is 63.8 Å². The minimum Gasteiger partial charge on any atom is -0.388 e. The van der Waals surface area contributed by atoms with Crippen LogP contribution in [-0.2, 0) is 10.0 Å². The molecule has 0 spiro atoms. The van der Waals surface area contributed by atoms with Gasteiger partial charge in [0.05, 0.1) is 24.8 Å². The number of nitrogens with one attached hydrogen (secondary N) is 1. The van der Waals surface area contributed by atoms with Crippen molar-refractivity contribution in [2.75, 3.05) is 24.7 Å². The minimum absolute atomic E-state index is 0.00655. The molecule has 3 heterocycles. The van der Waals surface area contributed by atoms with Gasteiger partial charge in [0.1, 0.15) is 7.02 Å². The molecule has 2 unspecified atom stereocenters. The van der Waals surface area contributed by atoms with E-state index in [0.717, 1.165) is 18.5 Å². The van der Waals surface area contributed by atoms with Crippen molar-refractivity contribution in [1.82, 2.24) is 18.8 Å². The molecule has 2 fully saturated rings. The third kappa shape index (κ3) is 4.35. The van der Waals surface area contributed by atoms with Crippen LogP contribution < -0.4 is 10.9 Å². The fourth-order valence-electron chi connectivity index (χ4n) is 4.29. The standard InChI is InChI=1S/C20H27F2N5O4S/c1-20(29)7-3-4-15(20)27-17-12(10-14(16(21)22)18(27)28)11-23-19(25-17)24-13-5-8-26(9-6-13)32(2,30)31/h10-11,13,15-16,29H,3-9H2,1-2H3,(H,23,24,25)/i1D3,13D,16D. The van der Waals surface area contributed by atoms with E-state index in [1.807, 2.05) is 0 Å². The topological polar surface area (TPSA) is 117 Å². The first-order valence-electron chi connectivity index (χ1n) is 12.6. The molecule has 1 saturated heterocycles. The number of nitrogens with zero attached hydrogens (tertiary/aromatic N) is 4. The van der Waals surface area contributed by atoms with Crippen molar-refractivity contribution < 1.29 is 29.2 Å². The van der Waals surface area contributed by atoms with Crippen LogP contribution in [0.25, 0.3) is 11.0 Å². The van der Waals surface area contributed by atoms with Gasteiger partial charge in [-0.3, -0.25) is 9.36 Å². The maximum Gasteiger partial charge on any atom is 0.269 e. The van der Waals surface area contributed by atoms with Crippen LogP contribution >= 0.6 is 0 Å². The smallest absolute Gasteiger partial charge is 0.269 e. The van der Waals surface area contributed by atoms with Crippen molar-refractivity contribution in [1.29, 1.82) is 0 Å². The first-order chi connectivity index (χ1) is 16.9. The summed E-state index contributed by atoms with van der Waals surface area (Å²) in [7, 11) is -3.43. The number of hydrogen-bond acceptors (Lipinski definition) is 7. The summed E-state index contributed by atoms with van der Waals surface area (Å²) in [6.45, 7) is -2.79. The molecule has 1 aliphatic carbocycles. The monoisotopic (exact) mass is 476 g/mol. The Labute approximate surface area is 191 Å². The fraction of sp³-hybridized carbons (Fsp3) is 0.650. The fourth-order valence-corrected chi connectivity index (χ4v) is 5.13. The lowest BCUT2D eigenvalue weighted by Gasteiger charge is -2.31. The summed E-state index contributed by atoms with van der Waals surface area (Å²) < 4.78 is 92.9. The largest absolute Gasteiger partial charge is 0.388 e. The third-order valence-electron chi connectivity index (χ3n) is 5.96. The predicted octanol–water partition coefficient (Wildman–Crippen LogP) is 2.04. The Kier molecular flexibility index (Phi) is 4.49. The molecule has 0 bridgehead atoms. The van der Waals surface area contributed by atoms with E-state index in [2.05, 4.69) is 15.3 Å². The molecular weight excluding hydrogens is 444 g/mol. The van der Waals surface area contributed by atoms with Gasteiger partial charge in [-0.2, -0.15) is 4.98 Å². The molecule has 1 aliphatic heterocycles. The summed E-state index contributed by atoms with van der Waals surface area (Å²) in [4.78, 5) is 21.5. The number of pyridine rings is 1. The van der Waals surface area contributed by atoms with Crippen LogP contribution in [0.2, 0.25) is 0 Å². The molecular formula is C20H27F2N5O4S. The van der Waals surface area contributed by atoms with Crippen LogP contribution in [0.15, 0.2) is 17.1 Å². The van der Waals surface area contributed by atoms with E-state index in [0.29, 0.717) is 4.57 Å². The zero-order valence-corrected chi connectivity index (χ0v) is 18.1. The van der Waals surface area contributed by atoms with Gasteiger partial charge in [-0.1, -0.05) is 0 Å². The lowest BCUT2D eigenvalue weighted by atomic mass is 9.99. The number of hydrogen-bond donors (Lipinski definition) is 2. The summed E-state index contributed by atoms with van der Waals surface area (Å²) >= 11 is 0. The molecule has 2 aromatic heterocycles. The summed E-state index contributed by atoms with van der Waals surface area (Å²) in [6, 6.07) is -2.04. The zero-order chi connectivity index (χ0) is 27.6. The van der Waals surface area contributed by atoms with E-state index >= 15 is 0 Å². The highest BCUT2D eigenvalue weighted by Crippen LogP contribution is 2.39. The molecule has 2 N–H and O–H groups in total. The average Bonchev–Trinajstić information content (AvgIpc) is 3.14. The molecule has 12 heteroatoms. The highest BCUT2D eigenvalue weighted by molar-refractivity contribution is 7.88. The van der Waals surface area contributed by atoms with Crippen LogP contribution in [-0.4, -0.2) is 63.3 Å². The Morgan fingerprint density at radius 2 is 2.12 bits per heavy atom. The number of aromatic nitrogens is 3. The lowest BCUT2D eigenvalue weighted by Crippen LogP contribution is -2.42. The van der Waals surface area contributed by atoms with Gasteiger partial charge in [-0.25, -0.2) is 26.5 Å². The average molecular weight is 477 g/mol. The van der Waals surface area contributed by atoms with Crippen molar-refractivity contribution in [2.45, 2.75) is 63.0 Å². The van der Waals surface area contributed by atoms with Crippen molar-refractivity contribution in [3.05, 3.63) is 28.2 Å². The first kappa shape index (κ1) is 17.3. The molecule has 4 rings (SSSR count). The highest BCUT2D eigenvalue weighted by Gasteiger charge is 2.40. The number of rotatable bonds is 5. The second kappa shape index (κ2) is 8.31. The van der Waals surface area contributed by atoms with Gasteiger partial charge in [0.2, 0.25) is 16.0 Å². The molecule has 0 radical (unpaired) electrons. The van der Waals surface area contributed by atoms with E-state index in [9.17, 15) is 27.1 Å². The van der Waals surface area contributed by atoms with E-state index in [-0.39, 0.29) is 62.2 Å². The molecule has 0 aromatic carbocycles. The minimum atomic E-state index is -4.31. The van der Waals surface area contributed by atoms with E-state index in [4.69, 9.17) is 6.85 Å². The summed E-state index contributed by atoms with van der Waals surface area (Å²) in [5, 5.41) is 13.8. The van der Waals surface area contributed by atoms with Gasteiger partial charge < -0.3 is 10.4 Å². The highest BCUT2D eigenvalue weighted by atomic mass is 32.2. The molecule has 9 nitrogen and oxygen atoms in total. The quantitative estimate of drug-likeness (QED) is 0.678. The Bertz CT molecular complexity index is 1380. The predicted molar refractivity (Wildman–Crippen MR) is 115 cm³/mol. The van der Waals surface area contributed by atoms with Crippen LogP contribution in [0, 0.1) is 0 Å². The Hall–Kier alpha value is -2.18. The maximum absolute atomic E-state index is 14.0. The van der Waals surface area contributed by atoms with Crippen molar-refractivity contribution >= 4 is 27.0 Å². The van der Waals surface area contributed by atoms with Crippen LogP contribution in [0.3, 0.4) is 0 Å². The van der Waals surface area contributed by atoms with Gasteiger partial charge in [0, 0.05) is 34.8 Å². The van der Waals surface area contributed by atoms with Gasteiger partial charge in [0.25, 0.3) is 12.0 Å². The second-order valence-electron chi connectivity index (χ2n) is 8.19. The van der Waals surface area contributed by atoms with Crippen molar-refractivity contribution in [3.63, 3.8) is 0 Å². The molecule has 32 heavy (non-hydrogen) atoms. The summed E-state index contributed by atoms with van der Waals surface area (Å²) in [5.74, 6) is -0.163. The molecule has 176 valence electrons. The number of alkyl halides is 2. The lowest BCUT2D eigenvalue weighted by molar-refractivity contribution is 0.0261. The Morgan fingerprint density at radius 3 is 2.75 bits per heavy atom. The Morgan fingerprint density at radius 1 is 1.41 bits per heavy atom. The van der Waals surface area contributed by atoms with Gasteiger partial charge in [0.15, 0.2) is 0 Å². The van der Waals surface area contributed by atoms with E-state index < -0.39 is 52.1 Å². The van der Waals surface area contributed by atoms with Gasteiger partial charge in [-0.15, -0.1) is 0 Å². The normalized spacial score (nSPS) is 29.6. The van der Waals surface area contributed by atoms with Crippen molar-refractivity contribution in [2.24, 2.45) is 0 Å². The molecule has 2 aromatic rings. The summed E-state index contributed by atoms with van der Waals surface area (Å²) in [6.07, 6.45) is -1.97. The van der Waals surface area contributed by atoms with E-state index in [1.54, 1.807) is 0 Å². The second-order valence-corrected chi connectivity index (χ2v) is 10.2. The number of anilines is 1. The number of fused-ring (bicyclic) bond motifs is 1. The third-order valence-corrected chi connectivity index (χ3v) is 7.26. The molecule has 0 amide bonds. The molecule has 2 atom stereocenters. The zero-order valence-electron chi connectivity index (χ0n) is 22.3.